The standard InChI is InChI=1S/C16H20FNS2/c1-2-9-18-14(11-16-4-3-10-19-16)12-20-15-7-5-13(17)6-8-15/h3-8,10,14,18H,2,9,11-12H2,1H3. The van der Waals surface area contributed by atoms with Crippen LogP contribution in [-0.4, -0.2) is 18.3 Å². The number of benzene rings is 1. The second-order valence-electron chi connectivity index (χ2n) is 4.70. The fourth-order valence-corrected chi connectivity index (χ4v) is 3.68. The van der Waals surface area contributed by atoms with Crippen LogP contribution in [-0.2, 0) is 6.42 Å². The Kier molecular flexibility index (Phi) is 6.57. The highest BCUT2D eigenvalue weighted by molar-refractivity contribution is 7.99. The van der Waals surface area contributed by atoms with Crippen LogP contribution in [0.2, 0.25) is 0 Å². The number of hydrogen-bond donors (Lipinski definition) is 1. The number of thiophene rings is 1. The molecule has 0 amide bonds. The third kappa shape index (κ3) is 5.27. The van der Waals surface area contributed by atoms with E-state index in [0.717, 1.165) is 30.0 Å². The van der Waals surface area contributed by atoms with Crippen LogP contribution >= 0.6 is 23.1 Å². The molecule has 0 aliphatic rings. The summed E-state index contributed by atoms with van der Waals surface area (Å²) in [4.78, 5) is 2.54. The molecule has 20 heavy (non-hydrogen) atoms. The van der Waals surface area contributed by atoms with E-state index in [0.29, 0.717) is 6.04 Å². The lowest BCUT2D eigenvalue weighted by Gasteiger charge is -2.17. The Morgan fingerprint density at radius 1 is 1.25 bits per heavy atom. The quantitative estimate of drug-likeness (QED) is 0.716. The molecule has 1 N–H and O–H groups in total. The minimum atomic E-state index is -0.173. The second kappa shape index (κ2) is 8.45. The highest BCUT2D eigenvalue weighted by Gasteiger charge is 2.10. The van der Waals surface area contributed by atoms with Crippen molar-refractivity contribution in [2.75, 3.05) is 12.3 Å². The molecule has 2 aromatic rings. The van der Waals surface area contributed by atoms with Gasteiger partial charge < -0.3 is 5.32 Å². The second-order valence-corrected chi connectivity index (χ2v) is 6.83. The van der Waals surface area contributed by atoms with Crippen LogP contribution in [0.3, 0.4) is 0 Å². The van der Waals surface area contributed by atoms with Crippen LogP contribution in [0, 0.1) is 5.82 Å². The molecule has 0 saturated heterocycles. The van der Waals surface area contributed by atoms with Gasteiger partial charge in [-0.3, -0.25) is 0 Å². The zero-order valence-corrected chi connectivity index (χ0v) is 13.3. The van der Waals surface area contributed by atoms with Crippen LogP contribution in [0.1, 0.15) is 18.2 Å². The lowest BCUT2D eigenvalue weighted by Crippen LogP contribution is -2.33. The van der Waals surface area contributed by atoms with E-state index in [1.807, 2.05) is 23.5 Å². The van der Waals surface area contributed by atoms with Gasteiger partial charge in [-0.1, -0.05) is 13.0 Å². The summed E-state index contributed by atoms with van der Waals surface area (Å²) < 4.78 is 12.9. The van der Waals surface area contributed by atoms with Gasteiger partial charge in [-0.05, 0) is 55.1 Å². The number of nitrogens with one attached hydrogen (secondary N) is 1. The molecule has 1 aromatic carbocycles. The maximum atomic E-state index is 12.9. The Balaban J connectivity index is 1.87. The van der Waals surface area contributed by atoms with Crippen molar-refractivity contribution < 1.29 is 4.39 Å². The van der Waals surface area contributed by atoms with E-state index in [1.54, 1.807) is 11.8 Å². The molecule has 0 saturated carbocycles. The van der Waals surface area contributed by atoms with E-state index < -0.39 is 0 Å². The van der Waals surface area contributed by atoms with Crippen molar-refractivity contribution >= 4 is 23.1 Å². The molecule has 0 radical (unpaired) electrons. The number of thioether (sulfide) groups is 1. The first-order valence-corrected chi connectivity index (χ1v) is 8.78. The molecule has 0 fully saturated rings. The van der Waals surface area contributed by atoms with E-state index >= 15 is 0 Å². The summed E-state index contributed by atoms with van der Waals surface area (Å²) >= 11 is 3.59. The zero-order chi connectivity index (χ0) is 14.2. The van der Waals surface area contributed by atoms with Crippen molar-refractivity contribution in [3.63, 3.8) is 0 Å². The van der Waals surface area contributed by atoms with E-state index in [9.17, 15) is 4.39 Å². The largest absolute Gasteiger partial charge is 0.313 e. The van der Waals surface area contributed by atoms with Gasteiger partial charge in [-0.15, -0.1) is 23.1 Å². The van der Waals surface area contributed by atoms with Crippen molar-refractivity contribution in [2.24, 2.45) is 0 Å². The molecule has 0 aliphatic heterocycles. The summed E-state index contributed by atoms with van der Waals surface area (Å²) in [5.74, 6) is 0.831. The SMILES string of the molecule is CCCNC(CSc1ccc(F)cc1)Cc1cccs1. The Labute approximate surface area is 128 Å². The summed E-state index contributed by atoms with van der Waals surface area (Å²) in [5.41, 5.74) is 0. The van der Waals surface area contributed by atoms with Crippen molar-refractivity contribution in [1.82, 2.24) is 5.32 Å². The molecule has 0 aliphatic carbocycles. The first-order chi connectivity index (χ1) is 9.78. The number of rotatable bonds is 8. The molecule has 1 aromatic heterocycles. The van der Waals surface area contributed by atoms with Crippen LogP contribution in [0.4, 0.5) is 4.39 Å². The summed E-state index contributed by atoms with van der Waals surface area (Å²) in [6.45, 7) is 3.22. The number of hydrogen-bond acceptors (Lipinski definition) is 3. The first kappa shape index (κ1) is 15.5. The Bertz CT molecular complexity index is 482. The van der Waals surface area contributed by atoms with E-state index in [4.69, 9.17) is 0 Å². The van der Waals surface area contributed by atoms with Gasteiger partial charge in [0.25, 0.3) is 0 Å². The minimum absolute atomic E-state index is 0.173. The summed E-state index contributed by atoms with van der Waals surface area (Å²) in [7, 11) is 0. The van der Waals surface area contributed by atoms with Crippen LogP contribution < -0.4 is 5.32 Å². The van der Waals surface area contributed by atoms with Crippen LogP contribution in [0.25, 0.3) is 0 Å². The minimum Gasteiger partial charge on any atom is -0.313 e. The molecule has 1 unspecified atom stereocenters. The highest BCUT2D eigenvalue weighted by Crippen LogP contribution is 2.21. The predicted octanol–water partition coefficient (Wildman–Crippen LogP) is 4.59. The average Bonchev–Trinajstić information content (AvgIpc) is 2.96. The van der Waals surface area contributed by atoms with Gasteiger partial charge >= 0.3 is 0 Å². The Morgan fingerprint density at radius 3 is 2.70 bits per heavy atom. The monoisotopic (exact) mass is 309 g/mol. The molecular weight excluding hydrogens is 289 g/mol. The molecule has 1 nitrogen and oxygen atoms in total. The van der Waals surface area contributed by atoms with Gasteiger partial charge in [0.05, 0.1) is 0 Å². The van der Waals surface area contributed by atoms with Gasteiger partial charge in [0.1, 0.15) is 5.82 Å². The van der Waals surface area contributed by atoms with Gasteiger partial charge in [0.2, 0.25) is 0 Å². The van der Waals surface area contributed by atoms with E-state index in [-0.39, 0.29) is 5.82 Å². The van der Waals surface area contributed by atoms with Crippen molar-refractivity contribution in [2.45, 2.75) is 30.7 Å². The Hall–Kier alpha value is -0.840. The zero-order valence-electron chi connectivity index (χ0n) is 11.6. The van der Waals surface area contributed by atoms with E-state index in [1.165, 1.54) is 17.0 Å². The Morgan fingerprint density at radius 2 is 2.05 bits per heavy atom. The molecule has 1 atom stereocenters. The molecule has 0 spiro atoms. The third-order valence-electron chi connectivity index (χ3n) is 2.98. The molecule has 108 valence electrons. The normalized spacial score (nSPS) is 12.5. The first-order valence-electron chi connectivity index (χ1n) is 6.92. The molecule has 0 bridgehead atoms. The van der Waals surface area contributed by atoms with Crippen LogP contribution in [0.15, 0.2) is 46.7 Å². The van der Waals surface area contributed by atoms with Crippen molar-refractivity contribution in [3.8, 4) is 0 Å². The van der Waals surface area contributed by atoms with Gasteiger partial charge in [-0.2, -0.15) is 0 Å². The highest BCUT2D eigenvalue weighted by atomic mass is 32.2. The summed E-state index contributed by atoms with van der Waals surface area (Å²) in [5, 5.41) is 5.73. The predicted molar refractivity (Wildman–Crippen MR) is 87.2 cm³/mol. The number of halogens is 1. The molecule has 1 heterocycles. The summed E-state index contributed by atoms with van der Waals surface area (Å²) in [6, 6.07) is 11.5. The smallest absolute Gasteiger partial charge is 0.123 e. The van der Waals surface area contributed by atoms with Gasteiger partial charge in [0, 0.05) is 21.6 Å². The molecule has 2 rings (SSSR count). The van der Waals surface area contributed by atoms with E-state index in [2.05, 4.69) is 29.8 Å². The fourth-order valence-electron chi connectivity index (χ4n) is 1.94. The molecule has 4 heteroatoms. The summed E-state index contributed by atoms with van der Waals surface area (Å²) in [6.07, 6.45) is 2.20. The maximum Gasteiger partial charge on any atom is 0.123 e. The van der Waals surface area contributed by atoms with Crippen LogP contribution in [0.5, 0.6) is 0 Å². The average molecular weight is 309 g/mol. The van der Waals surface area contributed by atoms with Gasteiger partial charge in [-0.25, -0.2) is 4.39 Å². The lowest BCUT2D eigenvalue weighted by molar-refractivity contribution is 0.553. The third-order valence-corrected chi connectivity index (χ3v) is 5.05. The van der Waals surface area contributed by atoms with Crippen molar-refractivity contribution in [1.29, 1.82) is 0 Å². The van der Waals surface area contributed by atoms with Crippen molar-refractivity contribution in [3.05, 3.63) is 52.5 Å². The molecular formula is C16H20FNS2. The maximum absolute atomic E-state index is 12.9. The topological polar surface area (TPSA) is 12.0 Å². The lowest BCUT2D eigenvalue weighted by atomic mass is 10.2. The van der Waals surface area contributed by atoms with Gasteiger partial charge in [0.15, 0.2) is 0 Å². The fraction of sp³-hybridized carbons (Fsp3) is 0.375.